The fourth-order valence-electron chi connectivity index (χ4n) is 3.26. The number of amides is 2. The molecule has 0 radical (unpaired) electrons. The predicted octanol–water partition coefficient (Wildman–Crippen LogP) is 3.45. The van der Waals surface area contributed by atoms with Crippen molar-refractivity contribution < 1.29 is 22.7 Å². The highest BCUT2D eigenvalue weighted by Gasteiger charge is 2.30. The second kappa shape index (κ2) is 12.1. The van der Waals surface area contributed by atoms with Crippen molar-refractivity contribution in [2.45, 2.75) is 46.3 Å². The van der Waals surface area contributed by atoms with Crippen LogP contribution < -0.4 is 14.4 Å². The van der Waals surface area contributed by atoms with Crippen LogP contribution in [0.15, 0.2) is 48.5 Å². The van der Waals surface area contributed by atoms with Crippen LogP contribution in [0.4, 0.5) is 5.69 Å². The zero-order valence-corrected chi connectivity index (χ0v) is 21.7. The van der Waals surface area contributed by atoms with Crippen LogP contribution >= 0.6 is 11.6 Å². The number of carbonyl (C=O) groups is 2. The van der Waals surface area contributed by atoms with Crippen molar-refractivity contribution in [3.63, 3.8) is 0 Å². The minimum absolute atomic E-state index is 0.112. The Hall–Kier alpha value is -2.78. The second-order valence-corrected chi connectivity index (χ2v) is 10.5. The highest BCUT2D eigenvalue weighted by Crippen LogP contribution is 2.22. The molecule has 2 aromatic carbocycles. The van der Waals surface area contributed by atoms with E-state index in [1.165, 1.54) is 4.90 Å². The first-order valence-electron chi connectivity index (χ1n) is 11.0. The van der Waals surface area contributed by atoms with Crippen molar-refractivity contribution in [3.8, 4) is 5.75 Å². The molecule has 186 valence electrons. The number of hydrogen-bond acceptors (Lipinski definition) is 5. The minimum Gasteiger partial charge on any atom is -0.494 e. The van der Waals surface area contributed by atoms with Crippen LogP contribution in [-0.4, -0.2) is 56.6 Å². The van der Waals surface area contributed by atoms with Crippen LogP contribution in [0.1, 0.15) is 33.3 Å². The number of halogens is 1. The molecule has 0 unspecified atom stereocenters. The molecule has 0 saturated carbocycles. The first kappa shape index (κ1) is 27.5. The Morgan fingerprint density at radius 1 is 1.03 bits per heavy atom. The van der Waals surface area contributed by atoms with E-state index in [1.54, 1.807) is 55.5 Å². The smallest absolute Gasteiger partial charge is 0.244 e. The number of nitrogens with zero attached hydrogens (tertiary/aromatic N) is 2. The largest absolute Gasteiger partial charge is 0.494 e. The molecule has 34 heavy (non-hydrogen) atoms. The molecule has 0 heterocycles. The molecule has 0 fully saturated rings. The normalized spacial score (nSPS) is 12.2. The third-order valence-electron chi connectivity index (χ3n) is 4.98. The Labute approximate surface area is 206 Å². The number of benzene rings is 2. The molecule has 1 atom stereocenters. The summed E-state index contributed by atoms with van der Waals surface area (Å²) in [4.78, 5) is 27.5. The molecule has 2 rings (SSSR count). The number of nitrogens with one attached hydrogen (secondary N) is 1. The summed E-state index contributed by atoms with van der Waals surface area (Å²) in [5, 5.41) is 3.35. The van der Waals surface area contributed by atoms with E-state index in [4.69, 9.17) is 16.3 Å². The van der Waals surface area contributed by atoms with E-state index in [1.807, 2.05) is 20.8 Å². The zero-order chi connectivity index (χ0) is 25.5. The Morgan fingerprint density at radius 3 is 2.12 bits per heavy atom. The average molecular weight is 510 g/mol. The lowest BCUT2D eigenvalue weighted by Gasteiger charge is -2.32. The van der Waals surface area contributed by atoms with Gasteiger partial charge in [0.1, 0.15) is 18.3 Å². The van der Waals surface area contributed by atoms with Gasteiger partial charge in [0.2, 0.25) is 21.8 Å². The highest BCUT2D eigenvalue weighted by molar-refractivity contribution is 7.92. The number of rotatable bonds is 11. The van der Waals surface area contributed by atoms with Gasteiger partial charge in [0.15, 0.2) is 0 Å². The molecule has 8 nitrogen and oxygen atoms in total. The van der Waals surface area contributed by atoms with Crippen molar-refractivity contribution in [2.24, 2.45) is 0 Å². The van der Waals surface area contributed by atoms with Gasteiger partial charge in [0, 0.05) is 17.6 Å². The fraction of sp³-hybridized carbons (Fsp3) is 0.417. The predicted molar refractivity (Wildman–Crippen MR) is 135 cm³/mol. The highest BCUT2D eigenvalue weighted by atomic mass is 35.5. The molecular formula is C24H32ClN3O5S. The van der Waals surface area contributed by atoms with E-state index in [2.05, 4.69) is 5.32 Å². The quantitative estimate of drug-likeness (QED) is 0.500. The summed E-state index contributed by atoms with van der Waals surface area (Å²) >= 11 is 5.97. The third-order valence-corrected chi connectivity index (χ3v) is 6.37. The molecule has 0 bridgehead atoms. The summed E-state index contributed by atoms with van der Waals surface area (Å²) in [5.41, 5.74) is 1.08. The van der Waals surface area contributed by atoms with Gasteiger partial charge in [-0.3, -0.25) is 13.9 Å². The van der Waals surface area contributed by atoms with E-state index in [0.717, 1.165) is 16.1 Å². The van der Waals surface area contributed by atoms with E-state index >= 15 is 0 Å². The SMILES string of the molecule is CCOc1ccc(N(CC(=O)N(Cc2ccc(Cl)cc2)[C@@H](C)C(=O)NC(C)C)S(C)(=O)=O)cc1. The maximum absolute atomic E-state index is 13.4. The van der Waals surface area contributed by atoms with Crippen LogP contribution in [0.25, 0.3) is 0 Å². The van der Waals surface area contributed by atoms with Crippen molar-refractivity contribution >= 4 is 39.1 Å². The number of hydrogen-bond donors (Lipinski definition) is 1. The molecule has 10 heteroatoms. The molecular weight excluding hydrogens is 478 g/mol. The number of anilines is 1. The van der Waals surface area contributed by atoms with Gasteiger partial charge < -0.3 is 15.0 Å². The first-order chi connectivity index (χ1) is 15.9. The maximum atomic E-state index is 13.4. The first-order valence-corrected chi connectivity index (χ1v) is 13.2. The van der Waals surface area contributed by atoms with E-state index in [0.29, 0.717) is 23.1 Å². The van der Waals surface area contributed by atoms with E-state index in [-0.39, 0.29) is 18.5 Å². The average Bonchev–Trinajstić information content (AvgIpc) is 2.76. The van der Waals surface area contributed by atoms with Crippen LogP contribution in [-0.2, 0) is 26.2 Å². The maximum Gasteiger partial charge on any atom is 0.244 e. The van der Waals surface area contributed by atoms with Crippen LogP contribution in [0.5, 0.6) is 5.75 Å². The molecule has 2 amide bonds. The Morgan fingerprint density at radius 2 is 1.62 bits per heavy atom. The monoisotopic (exact) mass is 509 g/mol. The van der Waals surface area contributed by atoms with Crippen molar-refractivity contribution in [3.05, 3.63) is 59.1 Å². The Kier molecular flexibility index (Phi) is 9.76. The number of ether oxygens (including phenoxy) is 1. The number of sulfonamides is 1. The molecule has 0 spiro atoms. The molecule has 1 N–H and O–H groups in total. The Bertz CT molecular complexity index is 1070. The third kappa shape index (κ3) is 7.92. The van der Waals surface area contributed by atoms with Crippen LogP contribution in [0.2, 0.25) is 5.02 Å². The standard InChI is InChI=1S/C24H32ClN3O5S/c1-6-33-22-13-11-21(12-14-22)28(34(5,31)32)16-23(29)27(18(4)24(30)26-17(2)3)15-19-7-9-20(25)10-8-19/h7-14,17-18H,6,15-16H2,1-5H3,(H,26,30)/t18-/m0/s1. The summed E-state index contributed by atoms with van der Waals surface area (Å²) in [6.45, 7) is 7.25. The summed E-state index contributed by atoms with van der Waals surface area (Å²) in [6, 6.07) is 12.4. The summed E-state index contributed by atoms with van der Waals surface area (Å²) in [7, 11) is -3.79. The summed E-state index contributed by atoms with van der Waals surface area (Å²) in [5.74, 6) is -0.251. The lowest BCUT2D eigenvalue weighted by molar-refractivity contribution is -0.139. The van der Waals surface area contributed by atoms with Crippen LogP contribution in [0.3, 0.4) is 0 Å². The molecule has 0 saturated heterocycles. The summed E-state index contributed by atoms with van der Waals surface area (Å²) in [6.07, 6.45) is 1.04. The Balaban J connectivity index is 2.35. The lowest BCUT2D eigenvalue weighted by atomic mass is 10.1. The lowest BCUT2D eigenvalue weighted by Crippen LogP contribution is -2.52. The topological polar surface area (TPSA) is 96.0 Å². The van der Waals surface area contributed by atoms with Gasteiger partial charge in [-0.15, -0.1) is 0 Å². The van der Waals surface area contributed by atoms with Gasteiger partial charge in [0.05, 0.1) is 18.6 Å². The molecule has 2 aromatic rings. The van der Waals surface area contributed by atoms with Crippen molar-refractivity contribution in [1.29, 1.82) is 0 Å². The number of carbonyl (C=O) groups excluding carboxylic acids is 2. The van der Waals surface area contributed by atoms with Gasteiger partial charge >= 0.3 is 0 Å². The van der Waals surface area contributed by atoms with E-state index < -0.39 is 28.5 Å². The van der Waals surface area contributed by atoms with Gasteiger partial charge in [-0.05, 0) is 69.7 Å². The zero-order valence-electron chi connectivity index (χ0n) is 20.1. The van der Waals surface area contributed by atoms with Crippen molar-refractivity contribution in [1.82, 2.24) is 10.2 Å². The van der Waals surface area contributed by atoms with Gasteiger partial charge in [-0.25, -0.2) is 8.42 Å². The second-order valence-electron chi connectivity index (χ2n) is 8.18. The molecule has 0 aliphatic heterocycles. The molecule has 0 aliphatic carbocycles. The fourth-order valence-corrected chi connectivity index (χ4v) is 4.24. The molecule has 0 aromatic heterocycles. The molecule has 0 aliphatic rings. The van der Waals surface area contributed by atoms with Crippen LogP contribution in [0, 0.1) is 0 Å². The van der Waals surface area contributed by atoms with Gasteiger partial charge in [0.25, 0.3) is 0 Å². The minimum atomic E-state index is -3.79. The van der Waals surface area contributed by atoms with Crippen molar-refractivity contribution in [2.75, 3.05) is 23.7 Å². The van der Waals surface area contributed by atoms with E-state index in [9.17, 15) is 18.0 Å². The summed E-state index contributed by atoms with van der Waals surface area (Å²) < 4.78 is 31.6. The van der Waals surface area contributed by atoms with Gasteiger partial charge in [-0.1, -0.05) is 23.7 Å². The van der Waals surface area contributed by atoms with Gasteiger partial charge in [-0.2, -0.15) is 0 Å².